The summed E-state index contributed by atoms with van der Waals surface area (Å²) in [7, 11) is 2.24. The van der Waals surface area contributed by atoms with Gasteiger partial charge in [0, 0.05) is 6.54 Å². The van der Waals surface area contributed by atoms with Crippen LogP contribution in [-0.2, 0) is 5.41 Å². The zero-order valence-electron chi connectivity index (χ0n) is 12.2. The number of hydrogen-bond acceptors (Lipinski definition) is 1. The number of likely N-dealkylation sites (tertiary alicyclic amines) is 1. The second-order valence-electron chi connectivity index (χ2n) is 6.56. The molecule has 2 rings (SSSR count). The number of nitrogens with zero attached hydrogens (tertiary/aromatic N) is 1. The molecule has 0 aliphatic carbocycles. The highest BCUT2D eigenvalue weighted by molar-refractivity contribution is 5.23. The molecular formula is C17H27N. The highest BCUT2D eigenvalue weighted by atomic mass is 15.1. The lowest BCUT2D eigenvalue weighted by atomic mass is 9.79. The Morgan fingerprint density at radius 2 is 1.94 bits per heavy atom. The Morgan fingerprint density at radius 1 is 1.22 bits per heavy atom. The fraction of sp³-hybridized carbons (Fsp3) is 0.647. The van der Waals surface area contributed by atoms with Crippen molar-refractivity contribution in [1.82, 2.24) is 4.90 Å². The fourth-order valence-electron chi connectivity index (χ4n) is 3.13. The Kier molecular flexibility index (Phi) is 4.45. The van der Waals surface area contributed by atoms with Crippen molar-refractivity contribution in [3.63, 3.8) is 0 Å². The molecule has 0 radical (unpaired) electrons. The van der Waals surface area contributed by atoms with E-state index in [2.05, 4.69) is 56.1 Å². The first-order chi connectivity index (χ1) is 8.58. The fourth-order valence-corrected chi connectivity index (χ4v) is 3.13. The Morgan fingerprint density at radius 3 is 2.56 bits per heavy atom. The summed E-state index contributed by atoms with van der Waals surface area (Å²) in [6, 6.07) is 11.0. The zero-order chi connectivity index (χ0) is 13.0. The molecule has 1 atom stereocenters. The van der Waals surface area contributed by atoms with E-state index >= 15 is 0 Å². The van der Waals surface area contributed by atoms with E-state index in [0.29, 0.717) is 5.41 Å². The lowest BCUT2D eigenvalue weighted by molar-refractivity contribution is 0.369. The topological polar surface area (TPSA) is 3.24 Å². The van der Waals surface area contributed by atoms with Crippen LogP contribution in [0.5, 0.6) is 0 Å². The normalized spacial score (nSPS) is 21.4. The van der Waals surface area contributed by atoms with Gasteiger partial charge in [0.2, 0.25) is 0 Å². The molecule has 18 heavy (non-hydrogen) atoms. The summed E-state index contributed by atoms with van der Waals surface area (Å²) < 4.78 is 0. The first kappa shape index (κ1) is 13.6. The van der Waals surface area contributed by atoms with Crippen molar-refractivity contribution in [2.75, 3.05) is 20.1 Å². The van der Waals surface area contributed by atoms with Crippen LogP contribution in [0.15, 0.2) is 30.3 Å². The molecule has 1 aromatic rings. The predicted octanol–water partition coefficient (Wildman–Crippen LogP) is 4.09. The van der Waals surface area contributed by atoms with E-state index in [1.807, 2.05) is 0 Å². The Labute approximate surface area is 112 Å². The third-order valence-electron chi connectivity index (χ3n) is 4.46. The van der Waals surface area contributed by atoms with Crippen molar-refractivity contribution in [1.29, 1.82) is 0 Å². The quantitative estimate of drug-likeness (QED) is 0.755. The Hall–Kier alpha value is -0.820. The van der Waals surface area contributed by atoms with Crippen molar-refractivity contribution in [2.45, 2.75) is 44.9 Å². The molecule has 0 bridgehead atoms. The van der Waals surface area contributed by atoms with Gasteiger partial charge in [0.1, 0.15) is 0 Å². The Balaban J connectivity index is 1.79. The summed E-state index contributed by atoms with van der Waals surface area (Å²) in [5, 5.41) is 0. The highest BCUT2D eigenvalue weighted by Crippen LogP contribution is 2.30. The average Bonchev–Trinajstić information content (AvgIpc) is 2.76. The average molecular weight is 245 g/mol. The molecule has 0 aromatic heterocycles. The van der Waals surface area contributed by atoms with Gasteiger partial charge in [0.15, 0.2) is 0 Å². The van der Waals surface area contributed by atoms with Crippen LogP contribution in [0.4, 0.5) is 0 Å². The molecule has 0 N–H and O–H groups in total. The summed E-state index contributed by atoms with van der Waals surface area (Å²) in [6.07, 6.45) is 5.47. The molecule has 0 amide bonds. The minimum Gasteiger partial charge on any atom is -0.306 e. The molecule has 1 heteroatoms. The molecule has 1 fully saturated rings. The molecule has 100 valence electrons. The van der Waals surface area contributed by atoms with E-state index in [-0.39, 0.29) is 0 Å². The van der Waals surface area contributed by atoms with Gasteiger partial charge in [-0.1, -0.05) is 50.6 Å². The summed E-state index contributed by atoms with van der Waals surface area (Å²) in [5.74, 6) is 0.946. The molecule has 1 nitrogen and oxygen atoms in total. The van der Waals surface area contributed by atoms with Crippen LogP contribution < -0.4 is 0 Å². The highest BCUT2D eigenvalue weighted by Gasteiger charge is 2.22. The molecule has 1 aliphatic heterocycles. The minimum absolute atomic E-state index is 0.325. The van der Waals surface area contributed by atoms with E-state index in [1.54, 1.807) is 0 Å². The van der Waals surface area contributed by atoms with Crippen LogP contribution in [0.25, 0.3) is 0 Å². The van der Waals surface area contributed by atoms with E-state index in [9.17, 15) is 0 Å². The van der Waals surface area contributed by atoms with Crippen LogP contribution in [0, 0.1) is 5.92 Å². The molecule has 1 aromatic carbocycles. The van der Waals surface area contributed by atoms with Crippen molar-refractivity contribution < 1.29 is 0 Å². The first-order valence-corrected chi connectivity index (χ1v) is 7.32. The first-order valence-electron chi connectivity index (χ1n) is 7.32. The van der Waals surface area contributed by atoms with Crippen molar-refractivity contribution in [3.05, 3.63) is 35.9 Å². The maximum atomic E-state index is 2.47. The van der Waals surface area contributed by atoms with Crippen LogP contribution in [0.3, 0.4) is 0 Å². The van der Waals surface area contributed by atoms with Crippen LogP contribution in [-0.4, -0.2) is 25.0 Å². The van der Waals surface area contributed by atoms with E-state index in [1.165, 1.54) is 44.3 Å². The monoisotopic (exact) mass is 245 g/mol. The summed E-state index contributed by atoms with van der Waals surface area (Å²) in [6.45, 7) is 7.37. The molecule has 1 saturated heterocycles. The van der Waals surface area contributed by atoms with Gasteiger partial charge in [-0.2, -0.15) is 0 Å². The second-order valence-corrected chi connectivity index (χ2v) is 6.56. The maximum Gasteiger partial charge on any atom is 0.000708 e. The van der Waals surface area contributed by atoms with Gasteiger partial charge in [0.05, 0.1) is 0 Å². The van der Waals surface area contributed by atoms with Gasteiger partial charge < -0.3 is 4.90 Å². The van der Waals surface area contributed by atoms with E-state index in [4.69, 9.17) is 0 Å². The summed E-state index contributed by atoms with van der Waals surface area (Å²) in [5.41, 5.74) is 1.81. The van der Waals surface area contributed by atoms with Gasteiger partial charge in [0.25, 0.3) is 0 Å². The number of hydrogen-bond donors (Lipinski definition) is 0. The van der Waals surface area contributed by atoms with Gasteiger partial charge in [-0.3, -0.25) is 0 Å². The lowest BCUT2D eigenvalue weighted by Gasteiger charge is -2.26. The van der Waals surface area contributed by atoms with E-state index < -0.39 is 0 Å². The largest absolute Gasteiger partial charge is 0.306 e. The minimum atomic E-state index is 0.325. The third-order valence-corrected chi connectivity index (χ3v) is 4.46. The maximum absolute atomic E-state index is 2.47. The molecule has 0 spiro atoms. The SMILES string of the molecule is CN1CCC(CCCC(C)(C)c2ccccc2)C1. The van der Waals surface area contributed by atoms with Crippen LogP contribution in [0.2, 0.25) is 0 Å². The second kappa shape index (κ2) is 5.88. The number of rotatable bonds is 5. The molecule has 1 aliphatic rings. The lowest BCUT2D eigenvalue weighted by Crippen LogP contribution is -2.18. The van der Waals surface area contributed by atoms with E-state index in [0.717, 1.165) is 5.92 Å². The van der Waals surface area contributed by atoms with Crippen molar-refractivity contribution in [2.24, 2.45) is 5.92 Å². The smallest absolute Gasteiger partial charge is 0.000708 e. The summed E-state index contributed by atoms with van der Waals surface area (Å²) in [4.78, 5) is 2.47. The Bertz CT molecular complexity index is 355. The molecule has 1 unspecified atom stereocenters. The standard InChI is InChI=1S/C17H27N/c1-17(2,16-9-5-4-6-10-16)12-7-8-15-11-13-18(3)14-15/h4-6,9-10,15H,7-8,11-14H2,1-3H3. The van der Waals surface area contributed by atoms with Crippen LogP contribution >= 0.6 is 0 Å². The predicted molar refractivity (Wildman–Crippen MR) is 78.9 cm³/mol. The van der Waals surface area contributed by atoms with Crippen molar-refractivity contribution >= 4 is 0 Å². The zero-order valence-corrected chi connectivity index (χ0v) is 12.2. The van der Waals surface area contributed by atoms with Crippen LogP contribution in [0.1, 0.15) is 45.1 Å². The number of benzene rings is 1. The van der Waals surface area contributed by atoms with Gasteiger partial charge in [-0.05, 0) is 49.8 Å². The van der Waals surface area contributed by atoms with Gasteiger partial charge >= 0.3 is 0 Å². The van der Waals surface area contributed by atoms with Crippen molar-refractivity contribution in [3.8, 4) is 0 Å². The third kappa shape index (κ3) is 3.58. The van der Waals surface area contributed by atoms with Gasteiger partial charge in [-0.25, -0.2) is 0 Å². The molecular weight excluding hydrogens is 218 g/mol. The molecule has 1 heterocycles. The molecule has 0 saturated carbocycles. The summed E-state index contributed by atoms with van der Waals surface area (Å²) >= 11 is 0. The van der Waals surface area contributed by atoms with Gasteiger partial charge in [-0.15, -0.1) is 0 Å².